The van der Waals surface area contributed by atoms with Crippen molar-refractivity contribution in [1.82, 2.24) is 15.0 Å². The van der Waals surface area contributed by atoms with E-state index in [0.717, 1.165) is 11.3 Å². The number of amides is 1. The number of carbonyl (C=O) groups is 1. The number of rotatable bonds is 5. The summed E-state index contributed by atoms with van der Waals surface area (Å²) < 4.78 is 5.21. The number of pyridine rings is 1. The number of aliphatic hydroxyl groups is 1. The van der Waals surface area contributed by atoms with Gasteiger partial charge in [0.05, 0.1) is 42.2 Å². The van der Waals surface area contributed by atoms with Crippen molar-refractivity contribution in [2.24, 2.45) is 11.5 Å². The van der Waals surface area contributed by atoms with Crippen LogP contribution >= 0.6 is 11.3 Å². The van der Waals surface area contributed by atoms with E-state index in [2.05, 4.69) is 15.0 Å². The second-order valence-corrected chi connectivity index (χ2v) is 6.97. The molecule has 7 N–H and O–H groups in total. The highest BCUT2D eigenvalue weighted by atomic mass is 32.1. The second kappa shape index (κ2) is 6.48. The second-order valence-electron chi connectivity index (χ2n) is 5.97. The van der Waals surface area contributed by atoms with E-state index >= 15 is 0 Å². The van der Waals surface area contributed by atoms with Crippen LogP contribution in [0.3, 0.4) is 0 Å². The Morgan fingerprint density at radius 2 is 2.12 bits per heavy atom. The molecule has 0 spiro atoms. The number of nitrogens with zero attached hydrogens (tertiary/aromatic N) is 3. The number of nitrogens with two attached hydrogens (primary N) is 3. The fourth-order valence-corrected chi connectivity index (χ4v) is 3.35. The van der Waals surface area contributed by atoms with E-state index in [9.17, 15) is 9.90 Å². The van der Waals surface area contributed by atoms with Crippen LogP contribution in [0.1, 0.15) is 22.4 Å². The first-order chi connectivity index (χ1) is 12.3. The number of ether oxygens (including phenoxy) is 1. The number of hydrogen-bond acceptors (Lipinski definition) is 9. The Bertz CT molecular complexity index is 1000. The number of methoxy groups -OCH3 is 1. The average Bonchev–Trinajstić information content (AvgIpc) is 2.98. The number of thiophene rings is 1. The van der Waals surface area contributed by atoms with Gasteiger partial charge in [0.1, 0.15) is 15.5 Å². The number of fused-ring (bicyclic) bond motifs is 1. The minimum absolute atomic E-state index is 0.186. The minimum atomic E-state index is -1.18. The number of aromatic nitrogens is 3. The van der Waals surface area contributed by atoms with Crippen molar-refractivity contribution in [2.45, 2.75) is 12.5 Å². The monoisotopic (exact) mass is 374 g/mol. The molecule has 0 aliphatic heterocycles. The first-order valence-corrected chi connectivity index (χ1v) is 8.39. The van der Waals surface area contributed by atoms with Crippen molar-refractivity contribution in [1.29, 1.82) is 0 Å². The highest BCUT2D eigenvalue weighted by Gasteiger charge is 2.28. The van der Waals surface area contributed by atoms with Crippen LogP contribution in [0.2, 0.25) is 0 Å². The SMILES string of the molecule is COc1cncc(-c2nc([C@](C)(N)CO)nc3sc(C(N)=O)c(N)c23)c1. The number of primary amides is 1. The van der Waals surface area contributed by atoms with Gasteiger partial charge in [0.15, 0.2) is 5.82 Å². The number of hydrogen-bond donors (Lipinski definition) is 4. The van der Waals surface area contributed by atoms with Crippen LogP contribution in [0.25, 0.3) is 21.5 Å². The lowest BCUT2D eigenvalue weighted by Crippen LogP contribution is -2.39. The van der Waals surface area contributed by atoms with Crippen molar-refractivity contribution >= 4 is 33.1 Å². The molecule has 0 unspecified atom stereocenters. The summed E-state index contributed by atoms with van der Waals surface area (Å²) in [4.78, 5) is 25.3. The average molecular weight is 374 g/mol. The van der Waals surface area contributed by atoms with E-state index in [1.54, 1.807) is 25.4 Å². The predicted octanol–water partition coefficient (Wildman–Crippen LogP) is 0.609. The Morgan fingerprint density at radius 1 is 1.38 bits per heavy atom. The van der Waals surface area contributed by atoms with E-state index < -0.39 is 11.4 Å². The van der Waals surface area contributed by atoms with Crippen molar-refractivity contribution in [3.05, 3.63) is 29.2 Å². The molecule has 9 nitrogen and oxygen atoms in total. The molecule has 0 radical (unpaired) electrons. The maximum Gasteiger partial charge on any atom is 0.260 e. The molecule has 3 aromatic heterocycles. The van der Waals surface area contributed by atoms with Crippen LogP contribution < -0.4 is 21.9 Å². The molecule has 0 aromatic carbocycles. The molecule has 136 valence electrons. The molecule has 3 heterocycles. The van der Waals surface area contributed by atoms with Gasteiger partial charge in [0.2, 0.25) is 0 Å². The van der Waals surface area contributed by atoms with Gasteiger partial charge in [0, 0.05) is 11.8 Å². The van der Waals surface area contributed by atoms with Crippen LogP contribution in [-0.4, -0.2) is 39.7 Å². The molecule has 26 heavy (non-hydrogen) atoms. The number of aliphatic hydroxyl groups excluding tert-OH is 1. The zero-order valence-electron chi connectivity index (χ0n) is 14.2. The molecule has 0 aliphatic rings. The van der Waals surface area contributed by atoms with Crippen molar-refractivity contribution in [3.63, 3.8) is 0 Å². The lowest BCUT2D eigenvalue weighted by molar-refractivity contribution is 0.100. The fraction of sp³-hybridized carbons (Fsp3) is 0.250. The van der Waals surface area contributed by atoms with Gasteiger partial charge < -0.3 is 27.0 Å². The van der Waals surface area contributed by atoms with Gasteiger partial charge in [-0.15, -0.1) is 11.3 Å². The summed E-state index contributed by atoms with van der Waals surface area (Å²) in [5, 5.41) is 10.1. The van der Waals surface area contributed by atoms with E-state index in [1.807, 2.05) is 0 Å². The van der Waals surface area contributed by atoms with Gasteiger partial charge >= 0.3 is 0 Å². The molecule has 0 bridgehead atoms. The Balaban J connectivity index is 2.39. The van der Waals surface area contributed by atoms with Gasteiger partial charge in [-0.3, -0.25) is 9.78 Å². The first-order valence-electron chi connectivity index (χ1n) is 7.58. The fourth-order valence-electron chi connectivity index (χ4n) is 2.40. The lowest BCUT2D eigenvalue weighted by atomic mass is 10.0. The van der Waals surface area contributed by atoms with Crippen LogP contribution in [-0.2, 0) is 5.54 Å². The summed E-state index contributed by atoms with van der Waals surface area (Å²) in [6.07, 6.45) is 3.14. The summed E-state index contributed by atoms with van der Waals surface area (Å²) in [5.41, 5.74) is 17.7. The van der Waals surface area contributed by atoms with Crippen molar-refractivity contribution in [2.75, 3.05) is 19.5 Å². The van der Waals surface area contributed by atoms with E-state index in [1.165, 1.54) is 7.11 Å². The quantitative estimate of drug-likeness (QED) is 0.504. The van der Waals surface area contributed by atoms with Gasteiger partial charge in [-0.05, 0) is 13.0 Å². The van der Waals surface area contributed by atoms with Gasteiger partial charge in [-0.2, -0.15) is 0 Å². The van der Waals surface area contributed by atoms with Crippen LogP contribution in [0, 0.1) is 0 Å². The number of carbonyl (C=O) groups excluding carboxylic acids is 1. The third-order valence-electron chi connectivity index (χ3n) is 3.87. The molecule has 3 rings (SSSR count). The Labute approximate surface area is 152 Å². The molecule has 0 saturated carbocycles. The zero-order chi connectivity index (χ0) is 19.1. The molecule has 0 aliphatic carbocycles. The van der Waals surface area contributed by atoms with Crippen LogP contribution in [0.15, 0.2) is 18.5 Å². The van der Waals surface area contributed by atoms with Gasteiger partial charge in [-0.1, -0.05) is 0 Å². The summed E-state index contributed by atoms with van der Waals surface area (Å²) in [6.45, 7) is 1.24. The summed E-state index contributed by atoms with van der Waals surface area (Å²) in [6, 6.07) is 1.73. The third-order valence-corrected chi connectivity index (χ3v) is 4.99. The predicted molar refractivity (Wildman–Crippen MR) is 98.8 cm³/mol. The lowest BCUT2D eigenvalue weighted by Gasteiger charge is -2.20. The Kier molecular flexibility index (Phi) is 4.48. The zero-order valence-corrected chi connectivity index (χ0v) is 15.0. The first kappa shape index (κ1) is 18.0. The number of anilines is 1. The van der Waals surface area contributed by atoms with Crippen molar-refractivity contribution in [3.8, 4) is 17.0 Å². The molecule has 1 atom stereocenters. The minimum Gasteiger partial charge on any atom is -0.495 e. The smallest absolute Gasteiger partial charge is 0.260 e. The Hall–Kier alpha value is -2.82. The molecule has 3 aromatic rings. The summed E-state index contributed by atoms with van der Waals surface area (Å²) in [5.74, 6) is 0.0828. The van der Waals surface area contributed by atoms with E-state index in [0.29, 0.717) is 27.2 Å². The molecule has 10 heteroatoms. The Morgan fingerprint density at radius 3 is 2.73 bits per heavy atom. The molecule has 0 fully saturated rings. The molecular formula is C16H18N6O3S. The van der Waals surface area contributed by atoms with Crippen molar-refractivity contribution < 1.29 is 14.6 Å². The standard InChI is InChI=1S/C16H18N6O3S/c1-16(19,6-23)15-21-11(7-3-8(25-2)5-20-4-7)9-10(17)12(13(18)24)26-14(9)22-15/h3-5,23H,6,17,19H2,1-2H3,(H2,18,24)/t16-/m1/s1. The molecule has 1 amide bonds. The van der Waals surface area contributed by atoms with Crippen LogP contribution in [0.4, 0.5) is 5.69 Å². The summed E-state index contributed by atoms with van der Waals surface area (Å²) >= 11 is 1.05. The molecular weight excluding hydrogens is 356 g/mol. The number of nitrogen functional groups attached to an aromatic ring is 1. The maximum atomic E-state index is 11.7. The van der Waals surface area contributed by atoms with Gasteiger partial charge in [-0.25, -0.2) is 9.97 Å². The largest absolute Gasteiger partial charge is 0.495 e. The van der Waals surface area contributed by atoms with E-state index in [-0.39, 0.29) is 23.0 Å². The van der Waals surface area contributed by atoms with Gasteiger partial charge in [0.25, 0.3) is 5.91 Å². The third kappa shape index (κ3) is 2.94. The molecule has 0 saturated heterocycles. The normalized spacial score (nSPS) is 13.5. The highest BCUT2D eigenvalue weighted by molar-refractivity contribution is 7.21. The topological polar surface area (TPSA) is 163 Å². The summed E-state index contributed by atoms with van der Waals surface area (Å²) in [7, 11) is 1.52. The van der Waals surface area contributed by atoms with E-state index in [4.69, 9.17) is 21.9 Å². The maximum absolute atomic E-state index is 11.7. The van der Waals surface area contributed by atoms with Crippen LogP contribution in [0.5, 0.6) is 5.75 Å². The highest BCUT2D eigenvalue weighted by Crippen LogP contribution is 2.39.